The lowest BCUT2D eigenvalue weighted by molar-refractivity contribution is -0.123. The molecule has 5 atom stereocenters. The zero-order valence-corrected chi connectivity index (χ0v) is 10.5. The highest BCUT2D eigenvalue weighted by molar-refractivity contribution is 5.25. The Balaban J connectivity index is 2.56. The second-order valence-corrected chi connectivity index (χ2v) is 4.57. The summed E-state index contributed by atoms with van der Waals surface area (Å²) in [5.41, 5.74) is 2.27. The van der Waals surface area contributed by atoms with Crippen LogP contribution in [0.1, 0.15) is 6.92 Å². The number of aromatic nitrogens is 2. The first kappa shape index (κ1) is 14.4. The summed E-state index contributed by atoms with van der Waals surface area (Å²) in [7, 11) is 0. The molecule has 0 saturated carbocycles. The van der Waals surface area contributed by atoms with Crippen molar-refractivity contribution in [3.05, 3.63) is 22.7 Å². The summed E-state index contributed by atoms with van der Waals surface area (Å²) in [4.78, 5) is 15.2. The van der Waals surface area contributed by atoms with Gasteiger partial charge in [0.25, 0.3) is 5.72 Å². The number of hydrogen-bond donors (Lipinski definition) is 4. The van der Waals surface area contributed by atoms with Gasteiger partial charge in [-0.05, 0) is 13.0 Å². The molecule has 0 unspecified atom stereocenters. The second kappa shape index (κ2) is 4.84. The van der Waals surface area contributed by atoms with E-state index in [1.165, 1.54) is 13.0 Å². The summed E-state index contributed by atoms with van der Waals surface area (Å²) in [6.07, 6.45) is -4.48. The molecule has 108 valence electrons. The van der Waals surface area contributed by atoms with Gasteiger partial charge in [-0.1, -0.05) is 0 Å². The average molecular weight is 282 g/mol. The van der Waals surface area contributed by atoms with Crippen LogP contribution in [0.3, 0.4) is 0 Å². The van der Waals surface area contributed by atoms with Crippen LogP contribution in [-0.4, -0.2) is 49.3 Å². The van der Waals surface area contributed by atoms with Crippen molar-refractivity contribution in [2.75, 3.05) is 5.73 Å². The maximum atomic E-state index is 11.8. The number of nitriles is 1. The molecule has 0 amide bonds. The smallest absolute Gasteiger partial charge is 0.352 e. The summed E-state index contributed by atoms with van der Waals surface area (Å²) in [6, 6.07) is 2.91. The average Bonchev–Trinajstić information content (AvgIpc) is 2.64. The van der Waals surface area contributed by atoms with Gasteiger partial charge in [0.1, 0.15) is 30.2 Å². The maximum Gasteiger partial charge on any atom is 0.352 e. The molecule has 0 aromatic carbocycles. The molecule has 1 aromatic heterocycles. The lowest BCUT2D eigenvalue weighted by atomic mass is 10.0. The van der Waals surface area contributed by atoms with Crippen molar-refractivity contribution in [2.45, 2.75) is 37.1 Å². The van der Waals surface area contributed by atoms with Crippen molar-refractivity contribution in [1.29, 1.82) is 5.26 Å². The zero-order valence-electron chi connectivity index (χ0n) is 10.5. The first-order chi connectivity index (χ1) is 9.33. The lowest BCUT2D eigenvalue weighted by Crippen LogP contribution is -2.49. The van der Waals surface area contributed by atoms with Gasteiger partial charge in [0, 0.05) is 6.20 Å². The fourth-order valence-electron chi connectivity index (χ4n) is 2.16. The summed E-state index contributed by atoms with van der Waals surface area (Å²) in [6.45, 7) is 1.33. The highest BCUT2D eigenvalue weighted by atomic mass is 16.6. The summed E-state index contributed by atoms with van der Waals surface area (Å²) < 4.78 is 6.00. The van der Waals surface area contributed by atoms with Crippen LogP contribution in [0.25, 0.3) is 0 Å². The van der Waals surface area contributed by atoms with Crippen molar-refractivity contribution in [2.24, 2.45) is 0 Å². The highest BCUT2D eigenvalue weighted by Gasteiger charge is 2.58. The van der Waals surface area contributed by atoms with Crippen LogP contribution in [0, 0.1) is 11.3 Å². The normalized spacial score (nSPS) is 34.6. The van der Waals surface area contributed by atoms with Gasteiger partial charge in [-0.15, -0.1) is 0 Å². The minimum Gasteiger partial charge on any atom is -0.391 e. The molecule has 0 spiro atoms. The van der Waals surface area contributed by atoms with Gasteiger partial charge in [-0.2, -0.15) is 10.2 Å². The van der Waals surface area contributed by atoms with E-state index in [1.807, 2.05) is 0 Å². The highest BCUT2D eigenvalue weighted by Crippen LogP contribution is 2.35. The van der Waals surface area contributed by atoms with E-state index in [-0.39, 0.29) is 5.82 Å². The molecule has 1 aliphatic heterocycles. The number of aliphatic hydroxyl groups is 3. The van der Waals surface area contributed by atoms with Gasteiger partial charge in [0.15, 0.2) is 0 Å². The first-order valence-electron chi connectivity index (χ1n) is 5.82. The summed E-state index contributed by atoms with van der Waals surface area (Å²) in [5.74, 6) is -0.0561. The molecule has 0 radical (unpaired) electrons. The number of rotatable bonds is 2. The second-order valence-electron chi connectivity index (χ2n) is 4.57. The van der Waals surface area contributed by atoms with E-state index in [1.54, 1.807) is 6.07 Å². The Morgan fingerprint density at radius 2 is 2.30 bits per heavy atom. The van der Waals surface area contributed by atoms with Crippen molar-refractivity contribution in [3.63, 3.8) is 0 Å². The number of aliphatic hydroxyl groups excluding tert-OH is 3. The van der Waals surface area contributed by atoms with E-state index >= 15 is 0 Å². The van der Waals surface area contributed by atoms with Crippen LogP contribution in [0.15, 0.2) is 17.1 Å². The third-order valence-electron chi connectivity index (χ3n) is 3.20. The molecule has 1 saturated heterocycles. The molecule has 0 aliphatic carbocycles. The Labute approximate surface area is 113 Å². The fourth-order valence-corrected chi connectivity index (χ4v) is 2.16. The van der Waals surface area contributed by atoms with Crippen LogP contribution in [-0.2, 0) is 10.5 Å². The van der Waals surface area contributed by atoms with E-state index in [4.69, 9.17) is 10.5 Å². The molecule has 0 bridgehead atoms. The van der Waals surface area contributed by atoms with Crippen molar-refractivity contribution >= 4 is 5.82 Å². The number of nitrogen functional groups attached to an aromatic ring is 1. The quantitative estimate of drug-likeness (QED) is 0.464. The monoisotopic (exact) mass is 282 g/mol. The predicted molar refractivity (Wildman–Crippen MR) is 65.1 cm³/mol. The minimum absolute atomic E-state index is 0.0561. The van der Waals surface area contributed by atoms with Crippen LogP contribution < -0.4 is 11.4 Å². The van der Waals surface area contributed by atoms with E-state index < -0.39 is 35.8 Å². The van der Waals surface area contributed by atoms with Gasteiger partial charge >= 0.3 is 5.69 Å². The third kappa shape index (κ3) is 1.95. The summed E-state index contributed by atoms with van der Waals surface area (Å²) in [5, 5.41) is 38.7. The number of ether oxygens (including phenoxy) is 1. The molecule has 2 rings (SSSR count). The van der Waals surface area contributed by atoms with Crippen LogP contribution >= 0.6 is 0 Å². The van der Waals surface area contributed by atoms with E-state index in [2.05, 4.69) is 4.98 Å². The molecule has 9 nitrogen and oxygen atoms in total. The SMILES string of the molecule is C[C@@H](O)[C@H]1O[C@@](C#N)(n2ccc(N)nc2=O)[C@H](O)[C@@H]1O. The van der Waals surface area contributed by atoms with Gasteiger partial charge < -0.3 is 25.8 Å². The number of nitrogens with two attached hydrogens (primary N) is 1. The molecule has 5 N–H and O–H groups in total. The van der Waals surface area contributed by atoms with Crippen LogP contribution in [0.2, 0.25) is 0 Å². The lowest BCUT2D eigenvalue weighted by Gasteiger charge is -2.26. The molecular weight excluding hydrogens is 268 g/mol. The van der Waals surface area contributed by atoms with Crippen molar-refractivity contribution in [3.8, 4) is 6.07 Å². The molecular formula is C11H14N4O5. The van der Waals surface area contributed by atoms with E-state index in [0.717, 1.165) is 10.8 Å². The fraction of sp³-hybridized carbons (Fsp3) is 0.545. The molecule has 20 heavy (non-hydrogen) atoms. The largest absolute Gasteiger partial charge is 0.391 e. The van der Waals surface area contributed by atoms with Gasteiger partial charge in [0.2, 0.25) is 0 Å². The number of hydrogen-bond acceptors (Lipinski definition) is 8. The number of nitrogens with zero attached hydrogens (tertiary/aromatic N) is 3. The predicted octanol–water partition coefficient (Wildman–Crippen LogP) is -2.50. The van der Waals surface area contributed by atoms with Gasteiger partial charge in [0.05, 0.1) is 6.10 Å². The van der Waals surface area contributed by atoms with E-state index in [0.29, 0.717) is 0 Å². The molecule has 9 heteroatoms. The van der Waals surface area contributed by atoms with Crippen LogP contribution in [0.5, 0.6) is 0 Å². The third-order valence-corrected chi connectivity index (χ3v) is 3.20. The van der Waals surface area contributed by atoms with Crippen molar-refractivity contribution < 1.29 is 20.1 Å². The Morgan fingerprint density at radius 1 is 1.65 bits per heavy atom. The molecule has 1 fully saturated rings. The van der Waals surface area contributed by atoms with Crippen molar-refractivity contribution in [1.82, 2.24) is 9.55 Å². The topological polar surface area (TPSA) is 155 Å². The molecule has 1 aromatic rings. The summed E-state index contributed by atoms with van der Waals surface area (Å²) >= 11 is 0. The standard InChI is InChI=1S/C11H14N4O5/c1-5(16)8-7(17)9(18)11(4-12,20-8)15-3-2-6(13)14-10(15)19/h2-3,5,7-9,16-18H,1H3,(H2,13,14,19)/t5-,7-,8-,9-,11-/m1/s1. The first-order valence-corrected chi connectivity index (χ1v) is 5.82. The zero-order chi connectivity index (χ0) is 15.1. The minimum atomic E-state index is -2.17. The Kier molecular flexibility index (Phi) is 3.49. The Bertz CT molecular complexity index is 610. The molecule has 1 aliphatic rings. The van der Waals surface area contributed by atoms with E-state index in [9.17, 15) is 25.4 Å². The Morgan fingerprint density at radius 3 is 2.75 bits per heavy atom. The maximum absolute atomic E-state index is 11.8. The number of anilines is 1. The van der Waals surface area contributed by atoms with Gasteiger partial charge in [-0.25, -0.2) is 4.79 Å². The Hall–Kier alpha value is -1.99. The molecule has 2 heterocycles. The van der Waals surface area contributed by atoms with Crippen LogP contribution in [0.4, 0.5) is 5.82 Å². The van der Waals surface area contributed by atoms with Gasteiger partial charge in [-0.3, -0.25) is 4.57 Å².